The molecule has 19 heavy (non-hydrogen) atoms. The normalized spacial score (nSPS) is 45.6. The molecule has 3 rings (SSSR count). The number of allylic oxidation sites excluding steroid dienone is 2. The summed E-state index contributed by atoms with van der Waals surface area (Å²) >= 11 is 0. The second kappa shape index (κ2) is 5.52. The molecule has 0 radical (unpaired) electrons. The minimum Gasteiger partial charge on any atom is -0.376 e. The molecule has 0 aromatic rings. The summed E-state index contributed by atoms with van der Waals surface area (Å²) in [5, 5.41) is 0. The molecule has 4 heteroatoms. The fraction of sp³-hybridized carbons (Fsp3) is 0.867. The zero-order chi connectivity index (χ0) is 13.3. The third-order valence-corrected chi connectivity index (χ3v) is 4.57. The first-order chi connectivity index (χ1) is 9.21. The lowest BCUT2D eigenvalue weighted by molar-refractivity contribution is -0.263. The lowest BCUT2D eigenvalue weighted by Gasteiger charge is -2.39. The first-order valence-corrected chi connectivity index (χ1v) is 7.32. The summed E-state index contributed by atoms with van der Waals surface area (Å²) in [6.45, 7) is 3.40. The molecule has 108 valence electrons. The monoisotopic (exact) mass is 268 g/mol. The molecular formula is C15H24O4. The van der Waals surface area contributed by atoms with Gasteiger partial charge in [0.25, 0.3) is 0 Å². The minimum absolute atomic E-state index is 0.0394. The van der Waals surface area contributed by atoms with E-state index < -0.39 is 5.79 Å². The molecule has 0 saturated carbocycles. The number of rotatable bonds is 4. The molecule has 2 heterocycles. The highest BCUT2D eigenvalue weighted by atomic mass is 16.8. The molecule has 1 unspecified atom stereocenters. The van der Waals surface area contributed by atoms with E-state index in [4.69, 9.17) is 18.9 Å². The Morgan fingerprint density at radius 1 is 1.37 bits per heavy atom. The SMILES string of the molecule is CO[C@@H]1C[C@H](OCC2CC=CCC2)[C@H]2CO[C@]1(C)O2. The number of methoxy groups -OCH3 is 1. The van der Waals surface area contributed by atoms with Crippen molar-refractivity contribution in [1.29, 1.82) is 0 Å². The van der Waals surface area contributed by atoms with Gasteiger partial charge in [-0.3, -0.25) is 0 Å². The van der Waals surface area contributed by atoms with Crippen molar-refractivity contribution < 1.29 is 18.9 Å². The first-order valence-electron chi connectivity index (χ1n) is 7.32. The van der Waals surface area contributed by atoms with E-state index >= 15 is 0 Å². The maximum Gasteiger partial charge on any atom is 0.192 e. The zero-order valence-corrected chi connectivity index (χ0v) is 11.8. The standard InChI is InChI=1S/C15H24O4/c1-15-14(16-2)8-12(13(19-15)10-18-15)17-9-11-6-4-3-5-7-11/h3-4,11-14H,5-10H2,1-2H3/t11?,12-,13+,14+,15+/m0/s1. The molecule has 0 amide bonds. The van der Waals surface area contributed by atoms with Crippen molar-refractivity contribution in [3.05, 3.63) is 12.2 Å². The van der Waals surface area contributed by atoms with Gasteiger partial charge in [-0.15, -0.1) is 0 Å². The Bertz CT molecular complexity index is 343. The maximum atomic E-state index is 6.11. The molecule has 2 bridgehead atoms. The third kappa shape index (κ3) is 2.72. The van der Waals surface area contributed by atoms with E-state index in [1.165, 1.54) is 12.8 Å². The van der Waals surface area contributed by atoms with Gasteiger partial charge >= 0.3 is 0 Å². The highest BCUT2D eigenvalue weighted by Gasteiger charge is 2.53. The van der Waals surface area contributed by atoms with Gasteiger partial charge in [0.2, 0.25) is 0 Å². The van der Waals surface area contributed by atoms with Crippen molar-refractivity contribution in [1.82, 2.24) is 0 Å². The molecule has 0 aromatic carbocycles. The Morgan fingerprint density at radius 2 is 2.26 bits per heavy atom. The van der Waals surface area contributed by atoms with Crippen LogP contribution in [0.15, 0.2) is 12.2 Å². The van der Waals surface area contributed by atoms with Crippen molar-refractivity contribution in [2.45, 2.75) is 56.7 Å². The quantitative estimate of drug-likeness (QED) is 0.733. The van der Waals surface area contributed by atoms with Crippen LogP contribution in [0, 0.1) is 5.92 Å². The Morgan fingerprint density at radius 3 is 3.00 bits per heavy atom. The molecule has 0 spiro atoms. The van der Waals surface area contributed by atoms with Gasteiger partial charge in [-0.25, -0.2) is 0 Å². The summed E-state index contributed by atoms with van der Waals surface area (Å²) in [5.41, 5.74) is 0. The first kappa shape index (κ1) is 13.6. The Hall–Kier alpha value is -0.420. The Labute approximate surface area is 115 Å². The van der Waals surface area contributed by atoms with E-state index in [-0.39, 0.29) is 18.3 Å². The van der Waals surface area contributed by atoms with E-state index in [9.17, 15) is 0 Å². The zero-order valence-electron chi connectivity index (χ0n) is 11.8. The van der Waals surface area contributed by atoms with Gasteiger partial charge < -0.3 is 18.9 Å². The van der Waals surface area contributed by atoms with E-state index in [2.05, 4.69) is 12.2 Å². The Balaban J connectivity index is 1.55. The number of hydrogen-bond acceptors (Lipinski definition) is 4. The molecule has 2 aliphatic heterocycles. The summed E-state index contributed by atoms with van der Waals surface area (Å²) in [6, 6.07) is 0. The highest BCUT2D eigenvalue weighted by molar-refractivity contribution is 4.95. The van der Waals surface area contributed by atoms with Crippen LogP contribution < -0.4 is 0 Å². The molecule has 0 aromatic heterocycles. The van der Waals surface area contributed by atoms with E-state index in [0.717, 1.165) is 19.4 Å². The van der Waals surface area contributed by atoms with Crippen LogP contribution in [0.25, 0.3) is 0 Å². The average Bonchev–Trinajstić information content (AvgIpc) is 2.78. The van der Waals surface area contributed by atoms with Crippen molar-refractivity contribution in [3.8, 4) is 0 Å². The molecule has 3 aliphatic rings. The van der Waals surface area contributed by atoms with Crippen LogP contribution in [-0.2, 0) is 18.9 Å². The van der Waals surface area contributed by atoms with Crippen molar-refractivity contribution >= 4 is 0 Å². The van der Waals surface area contributed by atoms with Gasteiger partial charge in [0.1, 0.15) is 12.2 Å². The topological polar surface area (TPSA) is 36.9 Å². The molecule has 4 nitrogen and oxygen atoms in total. The predicted molar refractivity (Wildman–Crippen MR) is 70.9 cm³/mol. The van der Waals surface area contributed by atoms with Gasteiger partial charge in [-0.2, -0.15) is 0 Å². The largest absolute Gasteiger partial charge is 0.376 e. The summed E-state index contributed by atoms with van der Waals surface area (Å²) in [5.74, 6) is 0.0777. The van der Waals surface area contributed by atoms with Crippen molar-refractivity contribution in [2.24, 2.45) is 5.92 Å². The van der Waals surface area contributed by atoms with Crippen molar-refractivity contribution in [2.75, 3.05) is 20.3 Å². The second-order valence-electron chi connectivity index (χ2n) is 5.97. The summed E-state index contributed by atoms with van der Waals surface area (Å²) in [6.07, 6.45) is 9.07. The van der Waals surface area contributed by atoms with Gasteiger partial charge in [-0.05, 0) is 32.1 Å². The van der Waals surface area contributed by atoms with Crippen molar-refractivity contribution in [3.63, 3.8) is 0 Å². The Kier molecular flexibility index (Phi) is 3.94. The molecule has 1 aliphatic carbocycles. The smallest absolute Gasteiger partial charge is 0.192 e. The third-order valence-electron chi connectivity index (χ3n) is 4.57. The van der Waals surface area contributed by atoms with E-state index in [1.807, 2.05) is 6.92 Å². The van der Waals surface area contributed by atoms with Crippen LogP contribution in [-0.4, -0.2) is 44.4 Å². The van der Waals surface area contributed by atoms with Crippen LogP contribution >= 0.6 is 0 Å². The van der Waals surface area contributed by atoms with E-state index in [0.29, 0.717) is 12.5 Å². The highest BCUT2D eigenvalue weighted by Crippen LogP contribution is 2.39. The number of ether oxygens (including phenoxy) is 4. The molecule has 5 atom stereocenters. The van der Waals surface area contributed by atoms with Crippen LogP contribution in [0.2, 0.25) is 0 Å². The van der Waals surface area contributed by atoms with Gasteiger partial charge in [-0.1, -0.05) is 12.2 Å². The molecular weight excluding hydrogens is 244 g/mol. The van der Waals surface area contributed by atoms with Gasteiger partial charge in [0, 0.05) is 13.5 Å². The fourth-order valence-electron chi connectivity index (χ4n) is 3.30. The molecule has 2 fully saturated rings. The van der Waals surface area contributed by atoms with Gasteiger partial charge in [0.05, 0.1) is 19.3 Å². The van der Waals surface area contributed by atoms with Crippen LogP contribution in [0.4, 0.5) is 0 Å². The average molecular weight is 268 g/mol. The number of hydrogen-bond donors (Lipinski definition) is 0. The van der Waals surface area contributed by atoms with Crippen LogP contribution in [0.3, 0.4) is 0 Å². The predicted octanol–water partition coefficient (Wildman–Crippen LogP) is 2.28. The van der Waals surface area contributed by atoms with Crippen LogP contribution in [0.5, 0.6) is 0 Å². The van der Waals surface area contributed by atoms with Crippen LogP contribution in [0.1, 0.15) is 32.6 Å². The maximum absolute atomic E-state index is 6.11. The van der Waals surface area contributed by atoms with Gasteiger partial charge in [0.15, 0.2) is 5.79 Å². The summed E-state index contributed by atoms with van der Waals surface area (Å²) in [4.78, 5) is 0. The molecule has 0 N–H and O–H groups in total. The fourth-order valence-corrected chi connectivity index (χ4v) is 3.30. The van der Waals surface area contributed by atoms with E-state index in [1.54, 1.807) is 7.11 Å². The summed E-state index contributed by atoms with van der Waals surface area (Å²) in [7, 11) is 1.71. The second-order valence-corrected chi connectivity index (χ2v) is 5.97. The summed E-state index contributed by atoms with van der Waals surface area (Å²) < 4.78 is 23.3. The lowest BCUT2D eigenvalue weighted by Crippen LogP contribution is -2.51. The minimum atomic E-state index is -0.577. The lowest BCUT2D eigenvalue weighted by atomic mass is 9.94. The molecule has 2 saturated heterocycles. The number of fused-ring (bicyclic) bond motifs is 2.